The maximum absolute atomic E-state index is 13.3. The molecule has 0 aliphatic heterocycles. The molecule has 9 nitrogen and oxygen atoms in total. The zero-order valence-electron chi connectivity index (χ0n) is 17.4. The zero-order valence-corrected chi connectivity index (χ0v) is 19.1. The number of fused-ring (bicyclic) bond motifs is 1. The number of aromatic carboxylic acids is 1. The van der Waals surface area contributed by atoms with Gasteiger partial charge in [0.15, 0.2) is 0 Å². The van der Waals surface area contributed by atoms with Crippen LogP contribution < -0.4 is 10.9 Å². The Bertz CT molecular complexity index is 1390. The Hall–Kier alpha value is -3.44. The van der Waals surface area contributed by atoms with Crippen LogP contribution in [0.25, 0.3) is 21.6 Å². The smallest absolute Gasteiger partial charge is 0.337 e. The van der Waals surface area contributed by atoms with E-state index in [2.05, 4.69) is 20.5 Å². The summed E-state index contributed by atoms with van der Waals surface area (Å²) in [7, 11) is 0. The number of nitrogens with one attached hydrogen (secondary N) is 1. The summed E-state index contributed by atoms with van der Waals surface area (Å²) in [6.07, 6.45) is 0. The lowest BCUT2D eigenvalue weighted by Gasteiger charge is -2.12. The highest BCUT2D eigenvalue weighted by Gasteiger charge is 2.22. The molecule has 164 valence electrons. The Morgan fingerprint density at radius 3 is 2.53 bits per heavy atom. The van der Waals surface area contributed by atoms with Crippen LogP contribution in [0.3, 0.4) is 0 Å². The van der Waals surface area contributed by atoms with Crippen molar-refractivity contribution in [2.45, 2.75) is 33.2 Å². The van der Waals surface area contributed by atoms with Gasteiger partial charge >= 0.3 is 5.97 Å². The van der Waals surface area contributed by atoms with Gasteiger partial charge in [0.1, 0.15) is 22.2 Å². The van der Waals surface area contributed by atoms with Gasteiger partial charge < -0.3 is 5.11 Å². The summed E-state index contributed by atoms with van der Waals surface area (Å²) in [5.74, 6) is -1.24. The number of rotatable bonds is 6. The number of benzene rings is 1. The molecule has 32 heavy (non-hydrogen) atoms. The first-order valence-corrected chi connectivity index (χ1v) is 11.4. The second kappa shape index (κ2) is 8.60. The van der Waals surface area contributed by atoms with Gasteiger partial charge in [0, 0.05) is 16.9 Å². The van der Waals surface area contributed by atoms with E-state index in [-0.39, 0.29) is 29.2 Å². The van der Waals surface area contributed by atoms with Crippen LogP contribution in [-0.4, -0.2) is 36.7 Å². The fourth-order valence-electron chi connectivity index (χ4n) is 3.07. The van der Waals surface area contributed by atoms with E-state index >= 15 is 0 Å². The first kappa shape index (κ1) is 21.8. The van der Waals surface area contributed by atoms with E-state index < -0.39 is 17.4 Å². The standard InChI is InChI=1S/C21H19N5O4S2/c1-10(2)17-24-25-21(32-17)22-14(27)8-26-16(12-6-4-11(3)5-7-12)23-18-15(19(26)28)13(9-31-18)20(29)30/h4-7,9-10H,8H2,1-3H3,(H,29,30)(H,22,25,27). The number of carbonyl (C=O) groups is 2. The van der Waals surface area contributed by atoms with Crippen LogP contribution in [0.5, 0.6) is 0 Å². The van der Waals surface area contributed by atoms with Gasteiger partial charge in [-0.3, -0.25) is 19.5 Å². The predicted octanol–water partition coefficient (Wildman–Crippen LogP) is 3.75. The van der Waals surface area contributed by atoms with Gasteiger partial charge in [-0.15, -0.1) is 21.5 Å². The summed E-state index contributed by atoms with van der Waals surface area (Å²) in [6, 6.07) is 7.37. The van der Waals surface area contributed by atoms with Crippen LogP contribution in [0.15, 0.2) is 34.4 Å². The van der Waals surface area contributed by atoms with Crippen LogP contribution >= 0.6 is 22.7 Å². The molecule has 11 heteroatoms. The van der Waals surface area contributed by atoms with Gasteiger partial charge in [0.25, 0.3) is 5.56 Å². The van der Waals surface area contributed by atoms with Crippen molar-refractivity contribution in [1.82, 2.24) is 19.7 Å². The minimum atomic E-state index is -1.22. The second-order valence-electron chi connectivity index (χ2n) is 7.48. The molecule has 3 aromatic heterocycles. The molecule has 0 aliphatic carbocycles. The van der Waals surface area contributed by atoms with Crippen LogP contribution in [0.4, 0.5) is 5.13 Å². The van der Waals surface area contributed by atoms with Crippen LogP contribution in [0.1, 0.15) is 40.7 Å². The maximum atomic E-state index is 13.3. The Morgan fingerprint density at radius 2 is 1.91 bits per heavy atom. The van der Waals surface area contributed by atoms with Gasteiger partial charge in [-0.1, -0.05) is 55.0 Å². The quantitative estimate of drug-likeness (QED) is 0.440. The third kappa shape index (κ3) is 4.16. The number of aryl methyl sites for hydroxylation is 1. The summed E-state index contributed by atoms with van der Waals surface area (Å²) in [6.45, 7) is 5.53. The van der Waals surface area contributed by atoms with E-state index in [1.54, 1.807) is 0 Å². The van der Waals surface area contributed by atoms with E-state index in [0.717, 1.165) is 21.9 Å². The molecule has 4 aromatic rings. The molecule has 0 aliphatic rings. The number of carboxylic acid groups (broad SMARTS) is 1. The summed E-state index contributed by atoms with van der Waals surface area (Å²) in [5, 5.41) is 22.6. The molecule has 0 atom stereocenters. The number of carboxylic acids is 1. The minimum Gasteiger partial charge on any atom is -0.478 e. The highest BCUT2D eigenvalue weighted by atomic mass is 32.1. The SMILES string of the molecule is Cc1ccc(-c2nc3scc(C(=O)O)c3c(=O)n2CC(=O)Nc2nnc(C(C)C)s2)cc1. The van der Waals surface area contributed by atoms with Crippen LogP contribution in [0, 0.1) is 6.92 Å². The fraction of sp³-hybridized carbons (Fsp3) is 0.238. The molecule has 1 aromatic carbocycles. The Labute approximate surface area is 190 Å². The van der Waals surface area contributed by atoms with Gasteiger partial charge in [-0.05, 0) is 6.92 Å². The van der Waals surface area contributed by atoms with Crippen molar-refractivity contribution in [2.75, 3.05) is 5.32 Å². The van der Waals surface area contributed by atoms with E-state index in [4.69, 9.17) is 0 Å². The molecule has 1 amide bonds. The number of amides is 1. The molecule has 0 radical (unpaired) electrons. The van der Waals surface area contributed by atoms with Crippen LogP contribution in [-0.2, 0) is 11.3 Å². The van der Waals surface area contributed by atoms with Crippen molar-refractivity contribution in [2.24, 2.45) is 0 Å². The number of nitrogens with zero attached hydrogens (tertiary/aromatic N) is 4. The molecule has 2 N–H and O–H groups in total. The van der Waals surface area contributed by atoms with E-state index in [1.165, 1.54) is 21.3 Å². The first-order chi connectivity index (χ1) is 15.2. The Balaban J connectivity index is 1.78. The molecular formula is C21H19N5O4S2. The third-order valence-corrected chi connectivity index (χ3v) is 6.73. The lowest BCUT2D eigenvalue weighted by Crippen LogP contribution is -2.30. The monoisotopic (exact) mass is 469 g/mol. The molecule has 0 unspecified atom stereocenters. The number of hydrogen-bond donors (Lipinski definition) is 2. The number of carbonyl (C=O) groups excluding carboxylic acids is 1. The first-order valence-electron chi connectivity index (χ1n) is 9.70. The van der Waals surface area contributed by atoms with E-state index in [9.17, 15) is 19.5 Å². The molecule has 0 spiro atoms. The molecule has 0 saturated heterocycles. The van der Waals surface area contributed by atoms with E-state index in [0.29, 0.717) is 15.5 Å². The molecule has 0 saturated carbocycles. The van der Waals surface area contributed by atoms with Crippen LogP contribution in [0.2, 0.25) is 0 Å². The summed E-state index contributed by atoms with van der Waals surface area (Å²) in [5.41, 5.74) is 0.964. The van der Waals surface area contributed by atoms with Crippen molar-refractivity contribution < 1.29 is 14.7 Å². The van der Waals surface area contributed by atoms with Gasteiger partial charge in [0.2, 0.25) is 11.0 Å². The topological polar surface area (TPSA) is 127 Å². The van der Waals surface area contributed by atoms with Crippen molar-refractivity contribution in [3.8, 4) is 11.4 Å². The fourth-order valence-corrected chi connectivity index (χ4v) is 4.74. The highest BCUT2D eigenvalue weighted by Crippen LogP contribution is 2.26. The average Bonchev–Trinajstić information content (AvgIpc) is 3.38. The molecule has 0 bridgehead atoms. The van der Waals surface area contributed by atoms with E-state index in [1.807, 2.05) is 45.0 Å². The molecular weight excluding hydrogens is 450 g/mol. The average molecular weight is 470 g/mol. The third-order valence-electron chi connectivity index (χ3n) is 4.72. The maximum Gasteiger partial charge on any atom is 0.337 e. The summed E-state index contributed by atoms with van der Waals surface area (Å²) >= 11 is 2.34. The summed E-state index contributed by atoms with van der Waals surface area (Å²) in [4.78, 5) is 42.5. The molecule has 3 heterocycles. The van der Waals surface area contributed by atoms with Crippen molar-refractivity contribution in [3.63, 3.8) is 0 Å². The van der Waals surface area contributed by atoms with Crippen molar-refractivity contribution >= 4 is 49.9 Å². The summed E-state index contributed by atoms with van der Waals surface area (Å²) < 4.78 is 1.20. The van der Waals surface area contributed by atoms with Gasteiger partial charge in [-0.2, -0.15) is 0 Å². The minimum absolute atomic E-state index is 0.0100. The highest BCUT2D eigenvalue weighted by molar-refractivity contribution is 7.17. The Morgan fingerprint density at radius 1 is 1.19 bits per heavy atom. The number of thiophene rings is 1. The Kier molecular flexibility index (Phi) is 5.85. The molecule has 4 rings (SSSR count). The largest absolute Gasteiger partial charge is 0.478 e. The van der Waals surface area contributed by atoms with Gasteiger partial charge in [0.05, 0.1) is 10.9 Å². The normalized spacial score (nSPS) is 11.2. The number of aromatic nitrogens is 4. The lowest BCUT2D eigenvalue weighted by atomic mass is 10.1. The number of hydrogen-bond acceptors (Lipinski definition) is 8. The zero-order chi connectivity index (χ0) is 23.0. The van der Waals surface area contributed by atoms with Gasteiger partial charge in [-0.25, -0.2) is 9.78 Å². The lowest BCUT2D eigenvalue weighted by molar-refractivity contribution is -0.116. The number of anilines is 1. The van der Waals surface area contributed by atoms with Crippen molar-refractivity contribution in [3.05, 3.63) is 56.1 Å². The second-order valence-corrected chi connectivity index (χ2v) is 9.34. The van der Waals surface area contributed by atoms with Crippen molar-refractivity contribution in [1.29, 1.82) is 0 Å². The molecule has 0 fully saturated rings. The predicted molar refractivity (Wildman–Crippen MR) is 124 cm³/mol.